The summed E-state index contributed by atoms with van der Waals surface area (Å²) in [6, 6.07) is 9.81. The lowest BCUT2D eigenvalue weighted by Crippen LogP contribution is -1.99. The molecule has 18 heavy (non-hydrogen) atoms. The normalized spacial score (nSPS) is 10.6. The van der Waals surface area contributed by atoms with E-state index in [-0.39, 0.29) is 0 Å². The number of benzene rings is 1. The smallest absolute Gasteiger partial charge is 0.161 e. The van der Waals surface area contributed by atoms with Crippen molar-refractivity contribution in [3.8, 4) is 11.4 Å². The van der Waals surface area contributed by atoms with E-state index in [1.807, 2.05) is 37.3 Å². The highest BCUT2D eigenvalue weighted by atomic mass is 16.5. The molecule has 0 aliphatic heterocycles. The molecule has 0 aliphatic carbocycles. The van der Waals surface area contributed by atoms with Gasteiger partial charge in [-0.15, -0.1) is 0 Å². The second-order valence-electron chi connectivity index (χ2n) is 4.09. The summed E-state index contributed by atoms with van der Waals surface area (Å²) in [5.41, 5.74) is 8.83. The number of hydrogen-bond acceptors (Lipinski definition) is 4. The van der Waals surface area contributed by atoms with Gasteiger partial charge in [-0.25, -0.2) is 9.97 Å². The summed E-state index contributed by atoms with van der Waals surface area (Å²) in [5.74, 6) is 1.19. The lowest BCUT2D eigenvalue weighted by Gasteiger charge is -2.05. The monoisotopic (exact) mass is 243 g/mol. The Balaban J connectivity index is 2.33. The Bertz CT molecular complexity index is 523. The third-order valence-electron chi connectivity index (χ3n) is 2.68. The van der Waals surface area contributed by atoms with Crippen molar-refractivity contribution in [2.24, 2.45) is 0 Å². The van der Waals surface area contributed by atoms with Crippen LogP contribution in [0.5, 0.6) is 0 Å². The lowest BCUT2D eigenvalue weighted by atomic mass is 10.1. The number of nitrogens with zero attached hydrogens (tertiary/aromatic N) is 2. The summed E-state index contributed by atoms with van der Waals surface area (Å²) < 4.78 is 5.08. The van der Waals surface area contributed by atoms with Gasteiger partial charge in [0.25, 0.3) is 0 Å². The summed E-state index contributed by atoms with van der Waals surface area (Å²) in [4.78, 5) is 8.74. The summed E-state index contributed by atoms with van der Waals surface area (Å²) in [5, 5.41) is 0. The highest BCUT2D eigenvalue weighted by Gasteiger charge is 2.04. The maximum Gasteiger partial charge on any atom is 0.161 e. The van der Waals surface area contributed by atoms with E-state index in [1.54, 1.807) is 7.11 Å². The van der Waals surface area contributed by atoms with Gasteiger partial charge in [-0.3, -0.25) is 0 Å². The quantitative estimate of drug-likeness (QED) is 0.896. The molecule has 1 aromatic heterocycles. The van der Waals surface area contributed by atoms with Gasteiger partial charge in [0.05, 0.1) is 6.61 Å². The number of hydrogen-bond donors (Lipinski definition) is 1. The Hall–Kier alpha value is -1.94. The summed E-state index contributed by atoms with van der Waals surface area (Å²) in [6.07, 6.45) is 0.849. The first-order valence-corrected chi connectivity index (χ1v) is 5.94. The molecular weight excluding hydrogens is 226 g/mol. The van der Waals surface area contributed by atoms with E-state index in [0.717, 1.165) is 23.2 Å². The zero-order valence-corrected chi connectivity index (χ0v) is 10.7. The first-order valence-electron chi connectivity index (χ1n) is 5.94. The van der Waals surface area contributed by atoms with Crippen molar-refractivity contribution < 1.29 is 4.74 Å². The maximum atomic E-state index is 5.78. The molecule has 0 saturated heterocycles. The molecule has 1 heterocycles. The van der Waals surface area contributed by atoms with E-state index in [0.29, 0.717) is 18.2 Å². The molecule has 0 atom stereocenters. The molecule has 0 radical (unpaired) electrons. The predicted molar refractivity (Wildman–Crippen MR) is 72.0 cm³/mol. The highest BCUT2D eigenvalue weighted by Crippen LogP contribution is 2.18. The largest absolute Gasteiger partial charge is 0.384 e. The zero-order valence-electron chi connectivity index (χ0n) is 10.7. The van der Waals surface area contributed by atoms with Crippen LogP contribution in [0.2, 0.25) is 0 Å². The zero-order chi connectivity index (χ0) is 13.0. The van der Waals surface area contributed by atoms with Gasteiger partial charge in [0.15, 0.2) is 5.82 Å². The maximum absolute atomic E-state index is 5.78. The fourth-order valence-corrected chi connectivity index (χ4v) is 1.75. The van der Waals surface area contributed by atoms with E-state index in [2.05, 4.69) is 9.97 Å². The molecule has 4 nitrogen and oxygen atoms in total. The number of ether oxygens (including phenoxy) is 1. The van der Waals surface area contributed by atoms with Gasteiger partial charge in [0, 0.05) is 24.4 Å². The molecule has 0 saturated carbocycles. The Labute approximate surface area is 107 Å². The standard InChI is InChI=1S/C14H17N3O/c1-3-12-8-13(15)17-14(16-12)11-6-4-10(5-7-11)9-18-2/h4-8H,3,9H2,1-2H3,(H2,15,16,17). The minimum absolute atomic E-state index is 0.512. The van der Waals surface area contributed by atoms with Gasteiger partial charge in [-0.05, 0) is 12.0 Å². The second kappa shape index (κ2) is 5.60. The Morgan fingerprint density at radius 2 is 1.89 bits per heavy atom. The summed E-state index contributed by atoms with van der Waals surface area (Å²) >= 11 is 0. The molecule has 2 rings (SSSR count). The molecule has 0 spiro atoms. The molecule has 0 amide bonds. The van der Waals surface area contributed by atoms with Gasteiger partial charge in [-0.2, -0.15) is 0 Å². The summed E-state index contributed by atoms with van der Waals surface area (Å²) in [7, 11) is 1.68. The molecule has 94 valence electrons. The van der Waals surface area contributed by atoms with Crippen molar-refractivity contribution in [1.29, 1.82) is 0 Å². The molecular formula is C14H17N3O. The number of rotatable bonds is 4. The van der Waals surface area contributed by atoms with E-state index in [9.17, 15) is 0 Å². The molecule has 2 aromatic rings. The van der Waals surface area contributed by atoms with Crippen LogP contribution >= 0.6 is 0 Å². The van der Waals surface area contributed by atoms with Crippen molar-refractivity contribution in [3.63, 3.8) is 0 Å². The van der Waals surface area contributed by atoms with Crippen LogP contribution in [-0.4, -0.2) is 17.1 Å². The average molecular weight is 243 g/mol. The van der Waals surface area contributed by atoms with Crippen LogP contribution in [-0.2, 0) is 17.8 Å². The van der Waals surface area contributed by atoms with E-state index in [1.165, 1.54) is 0 Å². The Morgan fingerprint density at radius 1 is 1.17 bits per heavy atom. The number of aromatic nitrogens is 2. The first kappa shape index (κ1) is 12.5. The fraction of sp³-hybridized carbons (Fsp3) is 0.286. The Morgan fingerprint density at radius 3 is 2.50 bits per heavy atom. The number of methoxy groups -OCH3 is 1. The van der Waals surface area contributed by atoms with Crippen molar-refractivity contribution >= 4 is 5.82 Å². The topological polar surface area (TPSA) is 61.0 Å². The van der Waals surface area contributed by atoms with Crippen LogP contribution in [0, 0.1) is 0 Å². The van der Waals surface area contributed by atoms with Crippen LogP contribution in [0.3, 0.4) is 0 Å². The Kier molecular flexibility index (Phi) is 3.89. The van der Waals surface area contributed by atoms with E-state index in [4.69, 9.17) is 10.5 Å². The van der Waals surface area contributed by atoms with Crippen LogP contribution < -0.4 is 5.73 Å². The van der Waals surface area contributed by atoms with Crippen molar-refractivity contribution in [3.05, 3.63) is 41.6 Å². The summed E-state index contributed by atoms with van der Waals surface area (Å²) in [6.45, 7) is 2.66. The van der Waals surface area contributed by atoms with Gasteiger partial charge in [0.1, 0.15) is 5.82 Å². The molecule has 1 aromatic carbocycles. The van der Waals surface area contributed by atoms with Gasteiger partial charge in [0.2, 0.25) is 0 Å². The number of aryl methyl sites for hydroxylation is 1. The van der Waals surface area contributed by atoms with E-state index >= 15 is 0 Å². The third-order valence-corrected chi connectivity index (χ3v) is 2.68. The van der Waals surface area contributed by atoms with E-state index < -0.39 is 0 Å². The van der Waals surface area contributed by atoms with Crippen LogP contribution in [0.15, 0.2) is 30.3 Å². The third kappa shape index (κ3) is 2.84. The molecule has 2 N–H and O–H groups in total. The fourth-order valence-electron chi connectivity index (χ4n) is 1.75. The lowest BCUT2D eigenvalue weighted by molar-refractivity contribution is 0.185. The van der Waals surface area contributed by atoms with Gasteiger partial charge in [-0.1, -0.05) is 31.2 Å². The van der Waals surface area contributed by atoms with Gasteiger partial charge < -0.3 is 10.5 Å². The second-order valence-corrected chi connectivity index (χ2v) is 4.09. The number of nitrogens with two attached hydrogens (primary N) is 1. The van der Waals surface area contributed by atoms with Crippen LogP contribution in [0.4, 0.5) is 5.82 Å². The van der Waals surface area contributed by atoms with Crippen LogP contribution in [0.25, 0.3) is 11.4 Å². The molecule has 4 heteroatoms. The average Bonchev–Trinajstić information content (AvgIpc) is 2.39. The molecule has 0 fully saturated rings. The van der Waals surface area contributed by atoms with Crippen molar-refractivity contribution in [2.45, 2.75) is 20.0 Å². The number of nitrogen functional groups attached to an aromatic ring is 1. The number of anilines is 1. The predicted octanol–water partition coefficient (Wildman–Crippen LogP) is 2.43. The minimum Gasteiger partial charge on any atom is -0.384 e. The highest BCUT2D eigenvalue weighted by molar-refractivity contribution is 5.57. The van der Waals surface area contributed by atoms with Crippen molar-refractivity contribution in [1.82, 2.24) is 9.97 Å². The first-order chi connectivity index (χ1) is 8.72. The molecule has 0 unspecified atom stereocenters. The molecule has 0 aliphatic rings. The minimum atomic E-state index is 0.512. The SMILES string of the molecule is CCc1cc(N)nc(-c2ccc(COC)cc2)n1. The molecule has 0 bridgehead atoms. The van der Waals surface area contributed by atoms with Gasteiger partial charge >= 0.3 is 0 Å². The van der Waals surface area contributed by atoms with Crippen molar-refractivity contribution in [2.75, 3.05) is 12.8 Å². The van der Waals surface area contributed by atoms with Crippen LogP contribution in [0.1, 0.15) is 18.2 Å².